The summed E-state index contributed by atoms with van der Waals surface area (Å²) < 4.78 is 0.877. The van der Waals surface area contributed by atoms with Crippen LogP contribution in [0.15, 0.2) is 22.9 Å². The molecule has 3 heteroatoms. The minimum Gasteiger partial charge on any atom is -0.294 e. The van der Waals surface area contributed by atoms with Gasteiger partial charge < -0.3 is 0 Å². The Balaban J connectivity index is 2.08. The molecular formula is C13H16BrNO. The van der Waals surface area contributed by atoms with Crippen molar-refractivity contribution in [3.05, 3.63) is 28.5 Å². The van der Waals surface area contributed by atoms with Crippen molar-refractivity contribution in [1.82, 2.24) is 4.98 Å². The number of carbonyl (C=O) groups is 1. The third-order valence-corrected chi connectivity index (χ3v) is 3.81. The topological polar surface area (TPSA) is 30.0 Å². The van der Waals surface area contributed by atoms with E-state index in [1.54, 1.807) is 12.4 Å². The number of nitrogens with zero attached hydrogens (tertiary/aromatic N) is 1. The Morgan fingerprint density at radius 3 is 2.62 bits per heavy atom. The predicted molar refractivity (Wildman–Crippen MR) is 67.4 cm³/mol. The zero-order chi connectivity index (χ0) is 11.5. The highest BCUT2D eigenvalue weighted by Gasteiger charge is 2.25. The van der Waals surface area contributed by atoms with Crippen molar-refractivity contribution in [2.75, 3.05) is 0 Å². The molecule has 0 unspecified atom stereocenters. The Bertz CT molecular complexity index is 383. The van der Waals surface area contributed by atoms with Crippen LogP contribution in [0.4, 0.5) is 0 Å². The van der Waals surface area contributed by atoms with Crippen LogP contribution >= 0.6 is 15.9 Å². The van der Waals surface area contributed by atoms with Crippen LogP contribution in [0.3, 0.4) is 0 Å². The van der Waals surface area contributed by atoms with Gasteiger partial charge in [0.1, 0.15) is 0 Å². The van der Waals surface area contributed by atoms with Crippen LogP contribution in [0.5, 0.6) is 0 Å². The fourth-order valence-corrected chi connectivity index (χ4v) is 2.67. The van der Waals surface area contributed by atoms with Gasteiger partial charge in [-0.15, -0.1) is 0 Å². The lowest BCUT2D eigenvalue weighted by Crippen LogP contribution is -2.21. The summed E-state index contributed by atoms with van der Waals surface area (Å²) in [6, 6.07) is 1.87. The number of hydrogen-bond acceptors (Lipinski definition) is 2. The lowest BCUT2D eigenvalue weighted by molar-refractivity contribution is 0.0875. The smallest absolute Gasteiger partial charge is 0.167 e. The Kier molecular flexibility index (Phi) is 3.74. The minimum atomic E-state index is 0.215. The van der Waals surface area contributed by atoms with Crippen molar-refractivity contribution < 1.29 is 4.79 Å². The largest absolute Gasteiger partial charge is 0.294 e. The standard InChI is InChI=1S/C13H16BrNO/c1-9-2-4-10(5-3-9)13(16)11-6-12(14)8-15-7-11/h6-10H,2-5H2,1H3. The van der Waals surface area contributed by atoms with E-state index >= 15 is 0 Å². The van der Waals surface area contributed by atoms with E-state index in [2.05, 4.69) is 27.8 Å². The van der Waals surface area contributed by atoms with E-state index in [4.69, 9.17) is 0 Å². The Hall–Kier alpha value is -0.700. The number of hydrogen-bond donors (Lipinski definition) is 0. The Labute approximate surface area is 105 Å². The van der Waals surface area contributed by atoms with Crippen molar-refractivity contribution >= 4 is 21.7 Å². The Morgan fingerprint density at radius 1 is 1.31 bits per heavy atom. The zero-order valence-electron chi connectivity index (χ0n) is 9.45. The van der Waals surface area contributed by atoms with Crippen LogP contribution in [-0.4, -0.2) is 10.8 Å². The van der Waals surface area contributed by atoms with Crippen molar-refractivity contribution in [1.29, 1.82) is 0 Å². The van der Waals surface area contributed by atoms with Crippen LogP contribution in [0.25, 0.3) is 0 Å². The van der Waals surface area contributed by atoms with Gasteiger partial charge in [0.25, 0.3) is 0 Å². The molecule has 0 N–H and O–H groups in total. The molecule has 0 aromatic carbocycles. The Morgan fingerprint density at radius 2 is 2.00 bits per heavy atom. The van der Waals surface area contributed by atoms with Gasteiger partial charge in [0, 0.05) is 28.3 Å². The SMILES string of the molecule is CC1CCC(C(=O)c2cncc(Br)c2)CC1. The summed E-state index contributed by atoms with van der Waals surface area (Å²) in [5, 5.41) is 0. The summed E-state index contributed by atoms with van der Waals surface area (Å²) in [6.45, 7) is 2.27. The van der Waals surface area contributed by atoms with E-state index in [9.17, 15) is 4.79 Å². The second-order valence-corrected chi connectivity index (χ2v) is 5.63. The summed E-state index contributed by atoms with van der Waals surface area (Å²) in [6.07, 6.45) is 7.81. The maximum Gasteiger partial charge on any atom is 0.167 e. The third kappa shape index (κ3) is 2.70. The van der Waals surface area contributed by atoms with Crippen molar-refractivity contribution in [2.24, 2.45) is 11.8 Å². The molecular weight excluding hydrogens is 266 g/mol. The number of halogens is 1. The van der Waals surface area contributed by atoms with Gasteiger partial charge in [0.15, 0.2) is 5.78 Å². The molecule has 1 aromatic heterocycles. The molecule has 1 aromatic rings. The highest BCUT2D eigenvalue weighted by Crippen LogP contribution is 2.30. The maximum absolute atomic E-state index is 12.2. The first-order valence-corrected chi connectivity index (χ1v) is 6.61. The summed E-state index contributed by atoms with van der Waals surface area (Å²) in [7, 11) is 0. The van der Waals surface area contributed by atoms with E-state index in [-0.39, 0.29) is 11.7 Å². The van der Waals surface area contributed by atoms with Gasteiger partial charge in [-0.25, -0.2) is 0 Å². The van der Waals surface area contributed by atoms with Crippen LogP contribution in [0.1, 0.15) is 43.0 Å². The molecule has 0 spiro atoms. The van der Waals surface area contributed by atoms with E-state index in [0.29, 0.717) is 0 Å². The highest BCUT2D eigenvalue weighted by molar-refractivity contribution is 9.10. The highest BCUT2D eigenvalue weighted by atomic mass is 79.9. The number of aromatic nitrogens is 1. The molecule has 86 valence electrons. The predicted octanol–water partition coefficient (Wildman–Crippen LogP) is 3.85. The summed E-state index contributed by atoms with van der Waals surface area (Å²) in [4.78, 5) is 16.2. The molecule has 1 heterocycles. The average molecular weight is 282 g/mol. The van der Waals surface area contributed by atoms with Gasteiger partial charge in [-0.3, -0.25) is 9.78 Å². The molecule has 1 fully saturated rings. The number of ketones is 1. The molecule has 0 amide bonds. The van der Waals surface area contributed by atoms with Crippen molar-refractivity contribution in [3.63, 3.8) is 0 Å². The normalized spacial score (nSPS) is 25.4. The average Bonchev–Trinajstić information content (AvgIpc) is 2.29. The quantitative estimate of drug-likeness (QED) is 0.771. The lowest BCUT2D eigenvalue weighted by Gasteiger charge is -2.24. The summed E-state index contributed by atoms with van der Waals surface area (Å²) in [5.74, 6) is 1.26. The van der Waals surface area contributed by atoms with Gasteiger partial charge in [0.05, 0.1) is 0 Å². The number of carbonyl (C=O) groups excluding carboxylic acids is 1. The van der Waals surface area contributed by atoms with Crippen LogP contribution < -0.4 is 0 Å². The first-order valence-electron chi connectivity index (χ1n) is 5.81. The molecule has 2 nitrogen and oxygen atoms in total. The molecule has 16 heavy (non-hydrogen) atoms. The van der Waals surface area contributed by atoms with Gasteiger partial charge >= 0.3 is 0 Å². The fourth-order valence-electron chi connectivity index (χ4n) is 2.30. The van der Waals surface area contributed by atoms with Crippen LogP contribution in [0.2, 0.25) is 0 Å². The van der Waals surface area contributed by atoms with Crippen molar-refractivity contribution in [3.8, 4) is 0 Å². The lowest BCUT2D eigenvalue weighted by atomic mass is 9.79. The fraction of sp³-hybridized carbons (Fsp3) is 0.538. The number of Topliss-reactive ketones (excluding diaryl/α,β-unsaturated/α-hetero) is 1. The van der Waals surface area contributed by atoms with Gasteiger partial charge in [-0.2, -0.15) is 0 Å². The third-order valence-electron chi connectivity index (χ3n) is 3.38. The van der Waals surface area contributed by atoms with Crippen LogP contribution in [-0.2, 0) is 0 Å². The van der Waals surface area contributed by atoms with E-state index in [1.807, 2.05) is 6.07 Å². The molecule has 1 saturated carbocycles. The second kappa shape index (κ2) is 5.09. The number of pyridine rings is 1. The summed E-state index contributed by atoms with van der Waals surface area (Å²) >= 11 is 3.35. The van der Waals surface area contributed by atoms with E-state index < -0.39 is 0 Å². The zero-order valence-corrected chi connectivity index (χ0v) is 11.0. The van der Waals surface area contributed by atoms with Gasteiger partial charge in [-0.05, 0) is 40.8 Å². The first kappa shape index (κ1) is 11.8. The first-order chi connectivity index (χ1) is 7.66. The van der Waals surface area contributed by atoms with E-state index in [1.165, 1.54) is 12.8 Å². The molecule has 0 radical (unpaired) electrons. The number of rotatable bonds is 2. The summed E-state index contributed by atoms with van der Waals surface area (Å²) in [5.41, 5.74) is 0.744. The molecule has 2 rings (SSSR count). The van der Waals surface area contributed by atoms with Gasteiger partial charge in [-0.1, -0.05) is 19.8 Å². The van der Waals surface area contributed by atoms with Crippen LogP contribution in [0, 0.1) is 11.8 Å². The van der Waals surface area contributed by atoms with E-state index in [0.717, 1.165) is 28.8 Å². The molecule has 0 aliphatic heterocycles. The monoisotopic (exact) mass is 281 g/mol. The molecule has 1 aliphatic carbocycles. The minimum absolute atomic E-state index is 0.215. The second-order valence-electron chi connectivity index (χ2n) is 4.71. The van der Waals surface area contributed by atoms with Crippen molar-refractivity contribution in [2.45, 2.75) is 32.6 Å². The maximum atomic E-state index is 12.2. The van der Waals surface area contributed by atoms with Gasteiger partial charge in [0.2, 0.25) is 0 Å². The molecule has 0 atom stereocenters. The molecule has 1 aliphatic rings. The molecule has 0 saturated heterocycles. The molecule has 0 bridgehead atoms.